The van der Waals surface area contributed by atoms with Crippen molar-refractivity contribution in [3.63, 3.8) is 0 Å². The summed E-state index contributed by atoms with van der Waals surface area (Å²) in [7, 11) is 0. The van der Waals surface area contributed by atoms with Gasteiger partial charge in [-0.1, -0.05) is 48.5 Å². The Morgan fingerprint density at radius 3 is 2.44 bits per heavy atom. The van der Waals surface area contributed by atoms with Crippen molar-refractivity contribution in [2.75, 3.05) is 6.54 Å². The minimum Gasteiger partial charge on any atom is -0.324 e. The highest BCUT2D eigenvalue weighted by atomic mass is 15.2. The van der Waals surface area contributed by atoms with E-state index in [2.05, 4.69) is 48.5 Å². The molecule has 1 N–H and O–H groups in total. The van der Waals surface area contributed by atoms with Gasteiger partial charge in [-0.3, -0.25) is 0 Å². The lowest BCUT2D eigenvalue weighted by atomic mass is 9.84. The topological polar surface area (TPSA) is 4.44 Å². The summed E-state index contributed by atoms with van der Waals surface area (Å²) in [5.41, 5.74) is 6.28. The molecule has 0 saturated heterocycles. The molecule has 4 rings (SSSR count). The van der Waals surface area contributed by atoms with Crippen LogP contribution in [0.4, 0.5) is 0 Å². The van der Waals surface area contributed by atoms with Gasteiger partial charge in [0.2, 0.25) is 0 Å². The molecule has 0 aromatic heterocycles. The molecular formula is C17H18N+. The molecule has 0 fully saturated rings. The lowest BCUT2D eigenvalue weighted by Gasteiger charge is -2.38. The summed E-state index contributed by atoms with van der Waals surface area (Å²) in [6, 6.07) is 18.7. The van der Waals surface area contributed by atoms with Crippen molar-refractivity contribution in [1.82, 2.24) is 0 Å². The largest absolute Gasteiger partial charge is 0.324 e. The second-order valence-electron chi connectivity index (χ2n) is 5.56. The Hall–Kier alpha value is -1.60. The molecule has 2 aromatic carbocycles. The van der Waals surface area contributed by atoms with Gasteiger partial charge in [-0.2, -0.15) is 0 Å². The molecule has 0 bridgehead atoms. The molecule has 2 aliphatic rings. The van der Waals surface area contributed by atoms with E-state index in [4.69, 9.17) is 0 Å². The van der Waals surface area contributed by atoms with Crippen molar-refractivity contribution >= 4 is 0 Å². The predicted octanol–water partition coefficient (Wildman–Crippen LogP) is 1.92. The van der Waals surface area contributed by atoms with Gasteiger partial charge in [0.15, 0.2) is 0 Å². The zero-order valence-electron chi connectivity index (χ0n) is 10.5. The molecule has 18 heavy (non-hydrogen) atoms. The molecule has 0 aliphatic carbocycles. The van der Waals surface area contributed by atoms with Crippen LogP contribution in [0, 0.1) is 0 Å². The molecule has 0 saturated carbocycles. The summed E-state index contributed by atoms with van der Waals surface area (Å²) in [4.78, 5) is 1.76. The fraction of sp³-hybridized carbons (Fsp3) is 0.294. The summed E-state index contributed by atoms with van der Waals surface area (Å²) in [6.45, 7) is 2.49. The van der Waals surface area contributed by atoms with E-state index in [9.17, 15) is 0 Å². The summed E-state index contributed by atoms with van der Waals surface area (Å²) in [6.07, 6.45) is 2.45. The molecule has 2 atom stereocenters. The van der Waals surface area contributed by atoms with Gasteiger partial charge < -0.3 is 4.90 Å². The SMILES string of the molecule is c1ccc2c(c1)CC1c3ccccc3CC[NH+]1C2. The number of rotatable bonds is 0. The maximum absolute atomic E-state index is 2.34. The molecule has 90 valence electrons. The second-order valence-corrected chi connectivity index (χ2v) is 5.56. The number of hydrogen-bond acceptors (Lipinski definition) is 0. The van der Waals surface area contributed by atoms with Crippen LogP contribution < -0.4 is 4.90 Å². The normalized spacial score (nSPS) is 24.9. The fourth-order valence-corrected chi connectivity index (χ4v) is 3.65. The van der Waals surface area contributed by atoms with Crippen molar-refractivity contribution in [2.24, 2.45) is 0 Å². The van der Waals surface area contributed by atoms with Crippen molar-refractivity contribution in [2.45, 2.75) is 25.4 Å². The van der Waals surface area contributed by atoms with Gasteiger partial charge in [0.05, 0.1) is 6.54 Å². The maximum Gasteiger partial charge on any atom is 0.118 e. The first-order chi connectivity index (χ1) is 8.92. The Morgan fingerprint density at radius 1 is 0.833 bits per heavy atom. The van der Waals surface area contributed by atoms with E-state index in [0.29, 0.717) is 6.04 Å². The molecule has 0 radical (unpaired) electrons. The van der Waals surface area contributed by atoms with Gasteiger partial charge in [-0.05, 0) is 11.1 Å². The number of benzene rings is 2. The first kappa shape index (κ1) is 10.3. The Kier molecular flexibility index (Phi) is 2.27. The highest BCUT2D eigenvalue weighted by molar-refractivity contribution is 5.35. The zero-order chi connectivity index (χ0) is 11.9. The van der Waals surface area contributed by atoms with Crippen LogP contribution in [0.5, 0.6) is 0 Å². The van der Waals surface area contributed by atoms with E-state index in [1.54, 1.807) is 27.2 Å². The zero-order valence-corrected chi connectivity index (χ0v) is 10.5. The average molecular weight is 236 g/mol. The van der Waals surface area contributed by atoms with Gasteiger partial charge in [0, 0.05) is 24.0 Å². The standard InChI is InChI=1S/C17H17N/c1-2-7-15-12-18-10-9-13-5-3-4-8-16(13)17(18)11-14(15)6-1/h1-8,17H,9-12H2/p+1. The molecular weight excluding hydrogens is 218 g/mol. The minimum absolute atomic E-state index is 0.685. The van der Waals surface area contributed by atoms with Crippen LogP contribution in [0.25, 0.3) is 0 Å². The van der Waals surface area contributed by atoms with Crippen molar-refractivity contribution in [1.29, 1.82) is 0 Å². The summed E-state index contributed by atoms with van der Waals surface area (Å²) in [5.74, 6) is 0. The third kappa shape index (κ3) is 1.51. The quantitative estimate of drug-likeness (QED) is 0.713. The molecule has 2 unspecified atom stereocenters. The first-order valence-electron chi connectivity index (χ1n) is 6.91. The Bertz CT molecular complexity index is 588. The van der Waals surface area contributed by atoms with E-state index in [-0.39, 0.29) is 0 Å². The molecule has 0 spiro atoms. The van der Waals surface area contributed by atoms with E-state index < -0.39 is 0 Å². The van der Waals surface area contributed by atoms with Gasteiger partial charge in [0.25, 0.3) is 0 Å². The number of fused-ring (bicyclic) bond motifs is 4. The molecule has 2 aromatic rings. The number of quaternary nitrogens is 1. The first-order valence-corrected chi connectivity index (χ1v) is 6.91. The van der Waals surface area contributed by atoms with Crippen molar-refractivity contribution in [3.8, 4) is 0 Å². The number of hydrogen-bond donors (Lipinski definition) is 1. The van der Waals surface area contributed by atoms with Crippen LogP contribution in [-0.4, -0.2) is 6.54 Å². The van der Waals surface area contributed by atoms with E-state index in [1.165, 1.54) is 25.9 Å². The average Bonchev–Trinajstić information content (AvgIpc) is 2.45. The van der Waals surface area contributed by atoms with Gasteiger partial charge in [0.1, 0.15) is 12.6 Å². The van der Waals surface area contributed by atoms with Crippen LogP contribution >= 0.6 is 0 Å². The summed E-state index contributed by atoms with van der Waals surface area (Å²) in [5, 5.41) is 0. The highest BCUT2D eigenvalue weighted by Gasteiger charge is 2.34. The van der Waals surface area contributed by atoms with Crippen molar-refractivity contribution < 1.29 is 4.90 Å². The summed E-state index contributed by atoms with van der Waals surface area (Å²) >= 11 is 0. The molecule has 1 nitrogen and oxygen atoms in total. The van der Waals surface area contributed by atoms with Crippen LogP contribution in [0.3, 0.4) is 0 Å². The van der Waals surface area contributed by atoms with Crippen LogP contribution in [0.2, 0.25) is 0 Å². The van der Waals surface area contributed by atoms with Gasteiger partial charge in [-0.25, -0.2) is 0 Å². The molecule has 2 aliphatic heterocycles. The molecule has 0 amide bonds. The molecule has 2 heterocycles. The maximum atomic E-state index is 2.34. The second kappa shape index (κ2) is 3.96. The fourth-order valence-electron chi connectivity index (χ4n) is 3.65. The minimum atomic E-state index is 0.685. The Balaban J connectivity index is 1.79. The lowest BCUT2D eigenvalue weighted by molar-refractivity contribution is -0.949. The van der Waals surface area contributed by atoms with Crippen LogP contribution in [0.15, 0.2) is 48.5 Å². The van der Waals surface area contributed by atoms with Gasteiger partial charge in [-0.15, -0.1) is 0 Å². The Labute approximate surface area is 108 Å². The van der Waals surface area contributed by atoms with E-state index >= 15 is 0 Å². The number of nitrogens with one attached hydrogen (secondary N) is 1. The highest BCUT2D eigenvalue weighted by Crippen LogP contribution is 2.27. The Morgan fingerprint density at radius 2 is 1.56 bits per heavy atom. The lowest BCUT2D eigenvalue weighted by Crippen LogP contribution is -3.13. The third-order valence-corrected chi connectivity index (χ3v) is 4.60. The van der Waals surface area contributed by atoms with Crippen LogP contribution in [-0.2, 0) is 19.4 Å². The van der Waals surface area contributed by atoms with Crippen LogP contribution in [0.1, 0.15) is 28.3 Å². The van der Waals surface area contributed by atoms with E-state index in [1.807, 2.05) is 0 Å². The summed E-state index contributed by atoms with van der Waals surface area (Å²) < 4.78 is 0. The molecule has 1 heteroatoms. The smallest absolute Gasteiger partial charge is 0.118 e. The van der Waals surface area contributed by atoms with Gasteiger partial charge >= 0.3 is 0 Å². The third-order valence-electron chi connectivity index (χ3n) is 4.60. The monoisotopic (exact) mass is 236 g/mol. The van der Waals surface area contributed by atoms with Crippen molar-refractivity contribution in [3.05, 3.63) is 70.8 Å². The predicted molar refractivity (Wildman–Crippen MR) is 72.6 cm³/mol. The van der Waals surface area contributed by atoms with E-state index in [0.717, 1.165) is 0 Å².